The first kappa shape index (κ1) is 10.7. The summed E-state index contributed by atoms with van der Waals surface area (Å²) in [6.07, 6.45) is 1.47. The zero-order valence-corrected chi connectivity index (χ0v) is 7.63. The number of aromatic nitrogens is 2. The van der Waals surface area contributed by atoms with E-state index in [1.54, 1.807) is 0 Å². The summed E-state index contributed by atoms with van der Waals surface area (Å²) in [5.41, 5.74) is -0.704. The molecular formula is C8H14N2O2. The molecule has 1 aromatic heterocycles. The molecular weight excluding hydrogens is 156 g/mol. The minimum atomic E-state index is -0.352. The van der Waals surface area contributed by atoms with Gasteiger partial charge in [0.2, 0.25) is 0 Å². The van der Waals surface area contributed by atoms with Gasteiger partial charge in [-0.3, -0.25) is 9.78 Å². The van der Waals surface area contributed by atoms with Crippen LogP contribution in [0.3, 0.4) is 0 Å². The molecule has 1 N–H and O–H groups in total. The van der Waals surface area contributed by atoms with Gasteiger partial charge in [0.15, 0.2) is 0 Å². The second-order valence-electron chi connectivity index (χ2n) is 1.90. The maximum atomic E-state index is 10.8. The molecule has 1 rings (SSSR count). The highest BCUT2D eigenvalue weighted by Crippen LogP contribution is 1.71. The molecule has 0 bridgehead atoms. The third-order valence-electron chi connectivity index (χ3n) is 1.24. The number of nitrogens with one attached hydrogen (secondary N) is 1. The van der Waals surface area contributed by atoms with Crippen LogP contribution >= 0.6 is 0 Å². The Morgan fingerprint density at radius 2 is 2.00 bits per heavy atom. The van der Waals surface area contributed by atoms with Gasteiger partial charge < -0.3 is 4.57 Å². The molecule has 0 aromatic carbocycles. The average Bonchev–Trinajstić information content (AvgIpc) is 2.08. The number of hydrogen-bond acceptors (Lipinski definition) is 2. The van der Waals surface area contributed by atoms with Crippen LogP contribution in [0.5, 0.6) is 0 Å². The monoisotopic (exact) mass is 170 g/mol. The van der Waals surface area contributed by atoms with Crippen LogP contribution in [-0.2, 0) is 6.54 Å². The molecule has 0 unspecified atom stereocenters. The van der Waals surface area contributed by atoms with Crippen molar-refractivity contribution in [3.05, 3.63) is 33.1 Å². The van der Waals surface area contributed by atoms with Gasteiger partial charge in [0.25, 0.3) is 5.56 Å². The average molecular weight is 170 g/mol. The third-order valence-corrected chi connectivity index (χ3v) is 1.24. The Morgan fingerprint density at radius 3 is 2.42 bits per heavy atom. The van der Waals surface area contributed by atoms with Gasteiger partial charge in [-0.2, -0.15) is 0 Å². The van der Waals surface area contributed by atoms with E-state index in [9.17, 15) is 9.59 Å². The second-order valence-corrected chi connectivity index (χ2v) is 1.90. The first-order valence-corrected chi connectivity index (χ1v) is 4.04. The van der Waals surface area contributed by atoms with Crippen molar-refractivity contribution in [2.45, 2.75) is 27.3 Å². The van der Waals surface area contributed by atoms with Crippen LogP contribution in [0.4, 0.5) is 0 Å². The van der Waals surface area contributed by atoms with Crippen molar-refractivity contribution >= 4 is 0 Å². The Morgan fingerprint density at radius 1 is 1.42 bits per heavy atom. The van der Waals surface area contributed by atoms with Gasteiger partial charge in [-0.15, -0.1) is 0 Å². The summed E-state index contributed by atoms with van der Waals surface area (Å²) in [7, 11) is 0. The van der Waals surface area contributed by atoms with Crippen molar-refractivity contribution in [3.63, 3.8) is 0 Å². The van der Waals surface area contributed by atoms with Crippen molar-refractivity contribution in [1.29, 1.82) is 0 Å². The first-order chi connectivity index (χ1) is 5.74. The largest absolute Gasteiger partial charge is 0.328 e. The van der Waals surface area contributed by atoms with Crippen molar-refractivity contribution in [1.82, 2.24) is 9.55 Å². The number of H-pyrrole nitrogens is 1. The smallest absolute Gasteiger partial charge is 0.301 e. The molecule has 68 valence electrons. The van der Waals surface area contributed by atoms with Gasteiger partial charge in [-0.25, -0.2) is 4.79 Å². The lowest BCUT2D eigenvalue weighted by Crippen LogP contribution is -2.27. The number of rotatable bonds is 1. The summed E-state index contributed by atoms with van der Waals surface area (Å²) in [6.45, 7) is 6.41. The minimum absolute atomic E-state index is 0.352. The molecule has 0 saturated carbocycles. The molecule has 12 heavy (non-hydrogen) atoms. The molecule has 4 nitrogen and oxygen atoms in total. The molecule has 1 aromatic rings. The molecule has 0 saturated heterocycles. The Hall–Kier alpha value is -1.32. The fourth-order valence-corrected chi connectivity index (χ4v) is 0.693. The molecule has 4 heteroatoms. The molecule has 1 heterocycles. The standard InChI is InChI=1S/C6H8N2O2.C2H6/c1-2-8-4-3-5(9)7-6(8)10;1-2/h3-4H,2H2,1H3,(H,7,9,10);1-2H3. The van der Waals surface area contributed by atoms with E-state index in [1.807, 2.05) is 20.8 Å². The molecule has 0 fully saturated rings. The summed E-state index contributed by atoms with van der Waals surface area (Å²) in [6, 6.07) is 1.32. The lowest BCUT2D eigenvalue weighted by molar-refractivity contribution is 0.693. The van der Waals surface area contributed by atoms with Gasteiger partial charge in [-0.05, 0) is 6.92 Å². The molecule has 0 spiro atoms. The van der Waals surface area contributed by atoms with Crippen LogP contribution in [0.25, 0.3) is 0 Å². The normalized spacial score (nSPS) is 8.58. The van der Waals surface area contributed by atoms with Crippen molar-refractivity contribution in [2.75, 3.05) is 0 Å². The first-order valence-electron chi connectivity index (χ1n) is 4.04. The van der Waals surface area contributed by atoms with Gasteiger partial charge in [0, 0.05) is 18.8 Å². The topological polar surface area (TPSA) is 54.9 Å². The second kappa shape index (κ2) is 5.35. The van der Waals surface area contributed by atoms with E-state index < -0.39 is 0 Å². The van der Waals surface area contributed by atoms with Crippen LogP contribution in [0.2, 0.25) is 0 Å². The molecule has 0 aliphatic heterocycles. The van der Waals surface area contributed by atoms with Crippen molar-refractivity contribution in [2.24, 2.45) is 0 Å². The molecule has 0 aliphatic carbocycles. The van der Waals surface area contributed by atoms with Gasteiger partial charge >= 0.3 is 5.69 Å². The summed E-state index contributed by atoms with van der Waals surface area (Å²) < 4.78 is 1.42. The SMILES string of the molecule is CC.CCn1ccc(=O)[nH]c1=O. The van der Waals surface area contributed by atoms with E-state index in [1.165, 1.54) is 16.8 Å². The highest BCUT2D eigenvalue weighted by Gasteiger charge is 1.89. The Kier molecular flexibility index (Phi) is 4.76. The maximum Gasteiger partial charge on any atom is 0.328 e. The van der Waals surface area contributed by atoms with Crippen molar-refractivity contribution in [3.8, 4) is 0 Å². The lowest BCUT2D eigenvalue weighted by Gasteiger charge is -1.95. The number of hydrogen-bond donors (Lipinski definition) is 1. The summed E-state index contributed by atoms with van der Waals surface area (Å²) in [5, 5.41) is 0. The summed E-state index contributed by atoms with van der Waals surface area (Å²) in [4.78, 5) is 23.4. The fourth-order valence-electron chi connectivity index (χ4n) is 0.693. The fraction of sp³-hybridized carbons (Fsp3) is 0.500. The summed E-state index contributed by atoms with van der Waals surface area (Å²) in [5.74, 6) is 0. The van der Waals surface area contributed by atoms with Crippen molar-refractivity contribution < 1.29 is 0 Å². The predicted octanol–water partition coefficient (Wildman–Crippen LogP) is 0.583. The van der Waals surface area contributed by atoms with Gasteiger partial charge in [-0.1, -0.05) is 13.8 Å². The Bertz CT molecular complexity index is 324. The van der Waals surface area contributed by atoms with E-state index >= 15 is 0 Å². The van der Waals surface area contributed by atoms with E-state index in [4.69, 9.17) is 0 Å². The highest BCUT2D eigenvalue weighted by molar-refractivity contribution is 4.81. The minimum Gasteiger partial charge on any atom is -0.301 e. The molecule has 0 atom stereocenters. The molecule has 0 amide bonds. The zero-order valence-electron chi connectivity index (χ0n) is 7.63. The van der Waals surface area contributed by atoms with Crippen LogP contribution in [0, 0.1) is 0 Å². The van der Waals surface area contributed by atoms with Crippen LogP contribution in [0.1, 0.15) is 20.8 Å². The van der Waals surface area contributed by atoms with Crippen LogP contribution < -0.4 is 11.2 Å². The van der Waals surface area contributed by atoms with E-state index in [2.05, 4.69) is 4.98 Å². The Balaban J connectivity index is 0.000000561. The number of nitrogens with zero attached hydrogens (tertiary/aromatic N) is 1. The Labute approximate surface area is 70.9 Å². The van der Waals surface area contributed by atoms with Crippen LogP contribution in [0.15, 0.2) is 21.9 Å². The zero-order chi connectivity index (χ0) is 9.56. The number of aryl methyl sites for hydroxylation is 1. The molecule has 0 radical (unpaired) electrons. The lowest BCUT2D eigenvalue weighted by atomic mass is 10.6. The van der Waals surface area contributed by atoms with Gasteiger partial charge in [0.05, 0.1) is 0 Å². The van der Waals surface area contributed by atoms with E-state index in [-0.39, 0.29) is 11.2 Å². The maximum absolute atomic E-state index is 10.8. The van der Waals surface area contributed by atoms with E-state index in [0.717, 1.165) is 0 Å². The highest BCUT2D eigenvalue weighted by atomic mass is 16.2. The predicted molar refractivity (Wildman–Crippen MR) is 48.3 cm³/mol. The van der Waals surface area contributed by atoms with E-state index in [0.29, 0.717) is 6.54 Å². The summed E-state index contributed by atoms with van der Waals surface area (Å²) >= 11 is 0. The molecule has 0 aliphatic rings. The number of aromatic amines is 1. The third kappa shape index (κ3) is 2.74. The van der Waals surface area contributed by atoms with Crippen LogP contribution in [-0.4, -0.2) is 9.55 Å². The van der Waals surface area contributed by atoms with Gasteiger partial charge in [0.1, 0.15) is 0 Å². The quantitative estimate of drug-likeness (QED) is 0.670.